The summed E-state index contributed by atoms with van der Waals surface area (Å²) in [5, 5.41) is 21.2. The van der Waals surface area contributed by atoms with E-state index in [9.17, 15) is 18.3 Å². The molecule has 0 aliphatic heterocycles. The fourth-order valence-electron chi connectivity index (χ4n) is 2.37. The van der Waals surface area contributed by atoms with Crippen LogP contribution in [0.25, 0.3) is 0 Å². The molecule has 2 unspecified atom stereocenters. The van der Waals surface area contributed by atoms with Gasteiger partial charge < -0.3 is 15.5 Å². The molecule has 0 fully saturated rings. The molecule has 19 heavy (non-hydrogen) atoms. The molecule has 0 amide bonds. The number of aliphatic hydroxyl groups is 1. The molecule has 106 valence electrons. The second-order valence-corrected chi connectivity index (χ2v) is 4.79. The van der Waals surface area contributed by atoms with E-state index < -0.39 is 18.8 Å². The molecule has 0 bridgehead atoms. The van der Waals surface area contributed by atoms with Crippen molar-refractivity contribution in [2.45, 2.75) is 37.6 Å². The molecule has 0 saturated carbocycles. The van der Waals surface area contributed by atoms with Crippen LogP contribution >= 0.6 is 0 Å². The lowest BCUT2D eigenvalue weighted by Gasteiger charge is -2.28. The van der Waals surface area contributed by atoms with Gasteiger partial charge in [0.25, 0.3) is 0 Å². The van der Waals surface area contributed by atoms with Crippen LogP contribution in [0, 0.1) is 0 Å². The quantitative estimate of drug-likeness (QED) is 0.793. The number of rotatable bonds is 3. The number of fused-ring (bicyclic) bond motifs is 1. The molecule has 1 aliphatic rings. The van der Waals surface area contributed by atoms with E-state index in [4.69, 9.17) is 5.11 Å². The Morgan fingerprint density at radius 2 is 2.11 bits per heavy atom. The maximum atomic E-state index is 12.2. The lowest BCUT2D eigenvalue weighted by atomic mass is 9.87. The highest BCUT2D eigenvalue weighted by molar-refractivity contribution is 5.38. The molecule has 0 radical (unpaired) electrons. The monoisotopic (exact) mass is 275 g/mol. The number of aryl methyl sites for hydroxylation is 1. The Morgan fingerprint density at radius 1 is 1.37 bits per heavy atom. The summed E-state index contributed by atoms with van der Waals surface area (Å²) in [7, 11) is 0. The van der Waals surface area contributed by atoms with Crippen molar-refractivity contribution in [2.75, 3.05) is 6.54 Å². The van der Waals surface area contributed by atoms with Crippen molar-refractivity contribution in [3.05, 3.63) is 29.3 Å². The molecule has 6 heteroatoms. The van der Waals surface area contributed by atoms with E-state index in [2.05, 4.69) is 5.32 Å². The van der Waals surface area contributed by atoms with E-state index in [0.29, 0.717) is 6.42 Å². The van der Waals surface area contributed by atoms with Gasteiger partial charge in [-0.3, -0.25) is 0 Å². The van der Waals surface area contributed by atoms with Crippen LogP contribution in [-0.4, -0.2) is 29.0 Å². The van der Waals surface area contributed by atoms with E-state index in [-0.39, 0.29) is 11.8 Å². The minimum absolute atomic E-state index is 0.101. The molecule has 0 saturated heterocycles. The normalized spacial score (nSPS) is 20.9. The Labute approximate surface area is 109 Å². The van der Waals surface area contributed by atoms with Gasteiger partial charge in [0.05, 0.1) is 0 Å². The first-order valence-corrected chi connectivity index (χ1v) is 6.18. The summed E-state index contributed by atoms with van der Waals surface area (Å²) in [6, 6.07) is 4.68. The van der Waals surface area contributed by atoms with Crippen molar-refractivity contribution in [3.8, 4) is 5.75 Å². The predicted molar refractivity (Wildman–Crippen MR) is 63.9 cm³/mol. The first-order chi connectivity index (χ1) is 8.88. The molecule has 3 nitrogen and oxygen atoms in total. The zero-order chi connectivity index (χ0) is 14.0. The Morgan fingerprint density at radius 3 is 2.79 bits per heavy atom. The van der Waals surface area contributed by atoms with Gasteiger partial charge in [0.2, 0.25) is 0 Å². The third-order valence-corrected chi connectivity index (χ3v) is 3.38. The highest BCUT2D eigenvalue weighted by atomic mass is 19.4. The average molecular weight is 275 g/mol. The molecule has 1 aromatic rings. The zero-order valence-corrected chi connectivity index (χ0v) is 10.2. The number of alkyl halides is 3. The number of phenolic OH excluding ortho intramolecular Hbond substituents is 1. The maximum Gasteiger partial charge on any atom is 0.415 e. The van der Waals surface area contributed by atoms with E-state index in [1.54, 1.807) is 18.2 Å². The highest BCUT2D eigenvalue weighted by Crippen LogP contribution is 2.32. The van der Waals surface area contributed by atoms with Crippen LogP contribution in [0.2, 0.25) is 0 Å². The van der Waals surface area contributed by atoms with Crippen LogP contribution < -0.4 is 5.32 Å². The maximum absolute atomic E-state index is 12.2. The van der Waals surface area contributed by atoms with Gasteiger partial charge in [-0.1, -0.05) is 6.07 Å². The second-order valence-electron chi connectivity index (χ2n) is 4.79. The molecule has 0 spiro atoms. The van der Waals surface area contributed by atoms with E-state index in [0.717, 1.165) is 24.0 Å². The van der Waals surface area contributed by atoms with Gasteiger partial charge in [-0.15, -0.1) is 0 Å². The number of aliphatic hydroxyl groups excluding tert-OH is 1. The molecule has 0 heterocycles. The SMILES string of the molecule is Oc1ccc2c(c1)C(NCC(O)C(F)(F)F)CCC2. The van der Waals surface area contributed by atoms with Crippen LogP contribution in [0.5, 0.6) is 5.75 Å². The first-order valence-electron chi connectivity index (χ1n) is 6.18. The van der Waals surface area contributed by atoms with Gasteiger partial charge in [0.1, 0.15) is 5.75 Å². The average Bonchev–Trinajstić information content (AvgIpc) is 2.34. The van der Waals surface area contributed by atoms with Crippen molar-refractivity contribution < 1.29 is 23.4 Å². The summed E-state index contributed by atoms with van der Waals surface area (Å²) in [6.07, 6.45) is -4.55. The standard InChI is InChI=1S/C13H16F3NO2/c14-13(15,16)12(19)7-17-11-3-1-2-8-4-5-9(18)6-10(8)11/h4-6,11-12,17-19H,1-3,7H2. The van der Waals surface area contributed by atoms with E-state index in [1.807, 2.05) is 0 Å². The Bertz CT molecular complexity index is 448. The highest BCUT2D eigenvalue weighted by Gasteiger charge is 2.38. The van der Waals surface area contributed by atoms with Gasteiger partial charge in [-0.2, -0.15) is 13.2 Å². The Hall–Kier alpha value is -1.27. The number of benzene rings is 1. The fourth-order valence-corrected chi connectivity index (χ4v) is 2.37. The van der Waals surface area contributed by atoms with Crippen molar-refractivity contribution >= 4 is 0 Å². The van der Waals surface area contributed by atoms with Gasteiger partial charge in [0.15, 0.2) is 6.10 Å². The summed E-state index contributed by atoms with van der Waals surface area (Å²) in [5.74, 6) is 0.101. The van der Waals surface area contributed by atoms with Crippen LogP contribution in [0.1, 0.15) is 30.0 Å². The molecular weight excluding hydrogens is 259 g/mol. The van der Waals surface area contributed by atoms with Crippen molar-refractivity contribution in [2.24, 2.45) is 0 Å². The number of aromatic hydroxyl groups is 1. The molecule has 0 aromatic heterocycles. The summed E-state index contributed by atoms with van der Waals surface area (Å²) >= 11 is 0. The van der Waals surface area contributed by atoms with Crippen LogP contribution in [0.15, 0.2) is 18.2 Å². The van der Waals surface area contributed by atoms with Crippen molar-refractivity contribution in [1.82, 2.24) is 5.32 Å². The van der Waals surface area contributed by atoms with Gasteiger partial charge in [0, 0.05) is 12.6 Å². The summed E-state index contributed by atoms with van der Waals surface area (Å²) in [5.41, 5.74) is 1.85. The van der Waals surface area contributed by atoms with Crippen LogP contribution in [0.3, 0.4) is 0 Å². The third kappa shape index (κ3) is 3.39. The molecule has 2 atom stereocenters. The number of nitrogens with one attached hydrogen (secondary N) is 1. The van der Waals surface area contributed by atoms with Gasteiger partial charge in [-0.25, -0.2) is 0 Å². The molecule has 3 N–H and O–H groups in total. The van der Waals surface area contributed by atoms with E-state index >= 15 is 0 Å². The molecule has 1 aromatic carbocycles. The fraction of sp³-hybridized carbons (Fsp3) is 0.538. The third-order valence-electron chi connectivity index (χ3n) is 3.38. The topological polar surface area (TPSA) is 52.5 Å². The van der Waals surface area contributed by atoms with Crippen LogP contribution in [0.4, 0.5) is 13.2 Å². The lowest BCUT2D eigenvalue weighted by molar-refractivity contribution is -0.202. The van der Waals surface area contributed by atoms with Gasteiger partial charge in [-0.05, 0) is 42.5 Å². The number of halogens is 3. The minimum atomic E-state index is -4.61. The summed E-state index contributed by atoms with van der Waals surface area (Å²) in [4.78, 5) is 0. The predicted octanol–water partition coefficient (Wildman–Crippen LogP) is 2.28. The lowest BCUT2D eigenvalue weighted by Crippen LogP contribution is -2.40. The summed E-state index contributed by atoms with van der Waals surface area (Å²) in [6.45, 7) is -0.538. The zero-order valence-electron chi connectivity index (χ0n) is 10.2. The van der Waals surface area contributed by atoms with Gasteiger partial charge >= 0.3 is 6.18 Å². The van der Waals surface area contributed by atoms with Crippen molar-refractivity contribution in [3.63, 3.8) is 0 Å². The number of hydrogen-bond donors (Lipinski definition) is 3. The minimum Gasteiger partial charge on any atom is -0.508 e. The second kappa shape index (κ2) is 5.38. The smallest absolute Gasteiger partial charge is 0.415 e. The summed E-state index contributed by atoms with van der Waals surface area (Å²) < 4.78 is 36.7. The largest absolute Gasteiger partial charge is 0.508 e. The number of phenols is 1. The van der Waals surface area contributed by atoms with Crippen molar-refractivity contribution in [1.29, 1.82) is 0 Å². The first kappa shape index (κ1) is 14.1. The molecule has 2 rings (SSSR count). The molecular formula is C13H16F3NO2. The Kier molecular flexibility index (Phi) is 4.01. The van der Waals surface area contributed by atoms with Crippen LogP contribution in [-0.2, 0) is 6.42 Å². The number of hydrogen-bond acceptors (Lipinski definition) is 3. The molecule has 1 aliphatic carbocycles. The Balaban J connectivity index is 2.05. The van der Waals surface area contributed by atoms with E-state index in [1.165, 1.54) is 0 Å².